The second-order valence-electron chi connectivity index (χ2n) is 4.41. The summed E-state index contributed by atoms with van der Waals surface area (Å²) in [6.07, 6.45) is 1.77. The lowest BCUT2D eigenvalue weighted by atomic mass is 10.2. The van der Waals surface area contributed by atoms with E-state index in [0.29, 0.717) is 12.4 Å². The molecule has 0 saturated heterocycles. The molecule has 2 aromatic carbocycles. The number of aliphatic imine (C=N–C) groups is 1. The number of nitrogens with zero attached hydrogens (tertiary/aromatic N) is 1. The molecular weight excluding hydrogens is 334 g/mol. The number of hydrogen-bond donors (Lipinski definition) is 0. The highest BCUT2D eigenvalue weighted by Crippen LogP contribution is 2.37. The average molecular weight is 348 g/mol. The molecule has 0 fully saturated rings. The Balaban J connectivity index is 1.91. The molecular formula is C16H14BrNO3. The minimum absolute atomic E-state index is 0.244. The van der Waals surface area contributed by atoms with Crippen LogP contribution in [0, 0.1) is 0 Å². The normalized spacial score (nSPS) is 12.9. The molecule has 1 aliphatic heterocycles. The summed E-state index contributed by atoms with van der Waals surface area (Å²) in [5, 5.41) is 0. The molecule has 0 saturated carbocycles. The Morgan fingerprint density at radius 3 is 2.62 bits per heavy atom. The van der Waals surface area contributed by atoms with Crippen molar-refractivity contribution in [1.82, 2.24) is 0 Å². The Hall–Kier alpha value is -2.01. The van der Waals surface area contributed by atoms with Gasteiger partial charge in [-0.05, 0) is 37.3 Å². The summed E-state index contributed by atoms with van der Waals surface area (Å²) in [5.41, 5.74) is 1.74. The van der Waals surface area contributed by atoms with Crippen LogP contribution in [-0.4, -0.2) is 19.6 Å². The van der Waals surface area contributed by atoms with Crippen LogP contribution in [0.1, 0.15) is 12.5 Å². The first-order valence-corrected chi connectivity index (χ1v) is 7.41. The van der Waals surface area contributed by atoms with Crippen molar-refractivity contribution >= 4 is 27.8 Å². The van der Waals surface area contributed by atoms with Crippen molar-refractivity contribution < 1.29 is 14.2 Å². The van der Waals surface area contributed by atoms with E-state index in [1.54, 1.807) is 6.21 Å². The van der Waals surface area contributed by atoms with Crippen LogP contribution in [0.3, 0.4) is 0 Å². The Bertz CT molecular complexity index is 668. The minimum Gasteiger partial charge on any atom is -0.493 e. The highest BCUT2D eigenvalue weighted by Gasteiger charge is 2.17. The van der Waals surface area contributed by atoms with Gasteiger partial charge in [-0.25, -0.2) is 0 Å². The van der Waals surface area contributed by atoms with E-state index in [4.69, 9.17) is 14.2 Å². The maximum Gasteiger partial charge on any atom is 0.231 e. The first kappa shape index (κ1) is 13.9. The summed E-state index contributed by atoms with van der Waals surface area (Å²) < 4.78 is 17.4. The molecule has 0 unspecified atom stereocenters. The van der Waals surface area contributed by atoms with E-state index in [1.807, 2.05) is 43.3 Å². The fourth-order valence-electron chi connectivity index (χ4n) is 1.99. The van der Waals surface area contributed by atoms with Crippen molar-refractivity contribution in [2.75, 3.05) is 13.4 Å². The highest BCUT2D eigenvalue weighted by molar-refractivity contribution is 9.10. The molecule has 5 heteroatoms. The third-order valence-corrected chi connectivity index (χ3v) is 3.51. The van der Waals surface area contributed by atoms with Crippen molar-refractivity contribution in [2.24, 2.45) is 4.99 Å². The third-order valence-electron chi connectivity index (χ3n) is 2.98. The lowest BCUT2D eigenvalue weighted by molar-refractivity contribution is 0.174. The van der Waals surface area contributed by atoms with E-state index in [2.05, 4.69) is 20.9 Å². The van der Waals surface area contributed by atoms with Gasteiger partial charge in [-0.15, -0.1) is 0 Å². The van der Waals surface area contributed by atoms with E-state index in [1.165, 1.54) is 0 Å². The van der Waals surface area contributed by atoms with Gasteiger partial charge in [-0.1, -0.05) is 15.9 Å². The maximum atomic E-state index is 5.64. The number of fused-ring (bicyclic) bond motifs is 1. The van der Waals surface area contributed by atoms with Gasteiger partial charge in [-0.3, -0.25) is 4.99 Å². The first-order chi connectivity index (χ1) is 10.3. The van der Waals surface area contributed by atoms with E-state index in [9.17, 15) is 0 Å². The van der Waals surface area contributed by atoms with Crippen LogP contribution >= 0.6 is 15.9 Å². The van der Waals surface area contributed by atoms with Crippen molar-refractivity contribution in [1.29, 1.82) is 0 Å². The van der Waals surface area contributed by atoms with E-state index < -0.39 is 0 Å². The summed E-state index contributed by atoms with van der Waals surface area (Å²) in [6.45, 7) is 2.77. The molecule has 0 bridgehead atoms. The third kappa shape index (κ3) is 3.19. The molecule has 0 aliphatic carbocycles. The summed E-state index contributed by atoms with van der Waals surface area (Å²) in [6, 6.07) is 11.5. The number of rotatable bonds is 4. The maximum absolute atomic E-state index is 5.64. The van der Waals surface area contributed by atoms with Gasteiger partial charge in [0.1, 0.15) is 5.75 Å². The molecule has 1 aliphatic rings. The molecule has 0 atom stereocenters. The molecule has 1 heterocycles. The molecule has 0 amide bonds. The molecule has 0 aromatic heterocycles. The van der Waals surface area contributed by atoms with Gasteiger partial charge in [0.25, 0.3) is 0 Å². The fourth-order valence-corrected chi connectivity index (χ4v) is 2.26. The predicted molar refractivity (Wildman–Crippen MR) is 85.1 cm³/mol. The molecule has 0 spiro atoms. The van der Waals surface area contributed by atoms with Crippen molar-refractivity contribution in [3.05, 3.63) is 46.4 Å². The van der Waals surface area contributed by atoms with Crippen LogP contribution < -0.4 is 14.2 Å². The van der Waals surface area contributed by atoms with Crippen molar-refractivity contribution in [3.63, 3.8) is 0 Å². The zero-order valence-electron chi connectivity index (χ0n) is 11.5. The molecule has 4 nitrogen and oxygen atoms in total. The standard InChI is InChI=1S/C16H14BrNO3/c1-2-19-14-8-16-15(20-10-21-16)7-11(14)9-18-13-5-3-12(17)4-6-13/h3-9H,2,10H2,1H3. The minimum atomic E-state index is 0.244. The zero-order chi connectivity index (χ0) is 14.7. The predicted octanol–water partition coefficient (Wildman–Crippen LogP) is 4.33. The summed E-state index contributed by atoms with van der Waals surface area (Å²) in [5.74, 6) is 2.16. The smallest absolute Gasteiger partial charge is 0.231 e. The van der Waals surface area contributed by atoms with Crippen molar-refractivity contribution in [2.45, 2.75) is 6.92 Å². The van der Waals surface area contributed by atoms with Crippen LogP contribution in [-0.2, 0) is 0 Å². The second-order valence-corrected chi connectivity index (χ2v) is 5.33. The number of benzene rings is 2. The first-order valence-electron chi connectivity index (χ1n) is 6.62. The number of hydrogen-bond acceptors (Lipinski definition) is 4. The van der Waals surface area contributed by atoms with Crippen molar-refractivity contribution in [3.8, 4) is 17.2 Å². The monoisotopic (exact) mass is 347 g/mol. The number of ether oxygens (including phenoxy) is 3. The van der Waals surface area contributed by atoms with E-state index in [0.717, 1.165) is 27.2 Å². The van der Waals surface area contributed by atoms with Crippen LogP contribution in [0.2, 0.25) is 0 Å². The fraction of sp³-hybridized carbons (Fsp3) is 0.188. The van der Waals surface area contributed by atoms with Gasteiger partial charge in [0, 0.05) is 22.3 Å². The topological polar surface area (TPSA) is 40.0 Å². The summed E-state index contributed by atoms with van der Waals surface area (Å²) in [7, 11) is 0. The van der Waals surface area contributed by atoms with Gasteiger partial charge >= 0.3 is 0 Å². The summed E-state index contributed by atoms with van der Waals surface area (Å²) >= 11 is 3.41. The zero-order valence-corrected chi connectivity index (χ0v) is 13.1. The van der Waals surface area contributed by atoms with Crippen LogP contribution in [0.4, 0.5) is 5.69 Å². The Morgan fingerprint density at radius 2 is 1.90 bits per heavy atom. The lowest BCUT2D eigenvalue weighted by Gasteiger charge is -2.08. The molecule has 0 N–H and O–H groups in total. The SMILES string of the molecule is CCOc1cc2c(cc1C=Nc1ccc(Br)cc1)OCO2. The van der Waals surface area contributed by atoms with E-state index >= 15 is 0 Å². The van der Waals surface area contributed by atoms with Crippen LogP contribution in [0.15, 0.2) is 45.9 Å². The quantitative estimate of drug-likeness (QED) is 0.773. The van der Waals surface area contributed by atoms with Crippen LogP contribution in [0.5, 0.6) is 17.2 Å². The number of halogens is 1. The largest absolute Gasteiger partial charge is 0.493 e. The molecule has 108 valence electrons. The highest BCUT2D eigenvalue weighted by atomic mass is 79.9. The van der Waals surface area contributed by atoms with Crippen LogP contribution in [0.25, 0.3) is 0 Å². The lowest BCUT2D eigenvalue weighted by Crippen LogP contribution is -1.96. The Morgan fingerprint density at radius 1 is 1.19 bits per heavy atom. The summed E-state index contributed by atoms with van der Waals surface area (Å²) in [4.78, 5) is 4.46. The molecule has 21 heavy (non-hydrogen) atoms. The second kappa shape index (κ2) is 6.18. The molecule has 2 aromatic rings. The van der Waals surface area contributed by atoms with Gasteiger partial charge in [0.15, 0.2) is 11.5 Å². The Kier molecular flexibility index (Phi) is 4.10. The molecule has 0 radical (unpaired) electrons. The van der Waals surface area contributed by atoms with Gasteiger partial charge in [0.2, 0.25) is 6.79 Å². The van der Waals surface area contributed by atoms with Gasteiger partial charge in [-0.2, -0.15) is 0 Å². The van der Waals surface area contributed by atoms with Gasteiger partial charge < -0.3 is 14.2 Å². The molecule has 3 rings (SSSR count). The average Bonchev–Trinajstić information content (AvgIpc) is 2.94. The van der Waals surface area contributed by atoms with E-state index in [-0.39, 0.29) is 6.79 Å². The van der Waals surface area contributed by atoms with Gasteiger partial charge in [0.05, 0.1) is 12.3 Å². The Labute approximate surface area is 131 Å².